The summed E-state index contributed by atoms with van der Waals surface area (Å²) in [5.41, 5.74) is -0.230. The van der Waals surface area contributed by atoms with Crippen molar-refractivity contribution < 1.29 is 9.13 Å². The summed E-state index contributed by atoms with van der Waals surface area (Å²) in [5, 5.41) is 6.14. The molecule has 0 aromatic heterocycles. The van der Waals surface area contributed by atoms with E-state index in [4.69, 9.17) is 4.74 Å². The Labute approximate surface area is 95.0 Å². The third kappa shape index (κ3) is 2.64. The van der Waals surface area contributed by atoms with E-state index in [0.29, 0.717) is 19.5 Å². The van der Waals surface area contributed by atoms with Crippen molar-refractivity contribution in [1.82, 2.24) is 5.32 Å². The standard InChI is InChI=1S/C12H17FN2O/c1-16-11-4-2-3-10(7-11)15-9-12(13)5-6-14-8-12/h2-4,7,14-15H,5-6,8-9H2,1H3. The molecule has 1 unspecified atom stereocenters. The molecule has 0 aliphatic carbocycles. The molecule has 1 heterocycles. The minimum Gasteiger partial charge on any atom is -0.497 e. The van der Waals surface area contributed by atoms with E-state index in [1.165, 1.54) is 0 Å². The van der Waals surface area contributed by atoms with E-state index in [1.807, 2.05) is 24.3 Å². The van der Waals surface area contributed by atoms with Crippen molar-refractivity contribution in [2.24, 2.45) is 0 Å². The van der Waals surface area contributed by atoms with E-state index < -0.39 is 5.67 Å². The normalized spacial score (nSPS) is 24.4. The van der Waals surface area contributed by atoms with Gasteiger partial charge in [0.15, 0.2) is 0 Å². The van der Waals surface area contributed by atoms with E-state index in [9.17, 15) is 4.39 Å². The van der Waals surface area contributed by atoms with E-state index in [0.717, 1.165) is 18.0 Å². The van der Waals surface area contributed by atoms with Gasteiger partial charge in [-0.3, -0.25) is 0 Å². The Morgan fingerprint density at radius 3 is 3.12 bits per heavy atom. The first-order chi connectivity index (χ1) is 7.72. The number of anilines is 1. The van der Waals surface area contributed by atoms with Gasteiger partial charge >= 0.3 is 0 Å². The van der Waals surface area contributed by atoms with Crippen LogP contribution in [0.3, 0.4) is 0 Å². The van der Waals surface area contributed by atoms with Crippen LogP contribution < -0.4 is 15.4 Å². The maximum Gasteiger partial charge on any atom is 0.141 e. The van der Waals surface area contributed by atoms with Gasteiger partial charge in [0, 0.05) is 18.3 Å². The van der Waals surface area contributed by atoms with Crippen LogP contribution in [0.4, 0.5) is 10.1 Å². The minimum absolute atomic E-state index is 0.340. The van der Waals surface area contributed by atoms with Crippen LogP contribution in [0.2, 0.25) is 0 Å². The van der Waals surface area contributed by atoms with Gasteiger partial charge in [-0.2, -0.15) is 0 Å². The first-order valence-corrected chi connectivity index (χ1v) is 5.49. The molecule has 0 radical (unpaired) electrons. The number of rotatable bonds is 4. The smallest absolute Gasteiger partial charge is 0.141 e. The minimum atomic E-state index is -1.12. The molecule has 0 amide bonds. The first kappa shape index (κ1) is 11.2. The number of hydrogen-bond donors (Lipinski definition) is 2. The van der Waals surface area contributed by atoms with Gasteiger partial charge in [0.1, 0.15) is 11.4 Å². The molecule has 1 atom stereocenters. The first-order valence-electron chi connectivity index (χ1n) is 5.49. The van der Waals surface area contributed by atoms with Crippen LogP contribution in [0, 0.1) is 0 Å². The van der Waals surface area contributed by atoms with Crippen molar-refractivity contribution >= 4 is 5.69 Å². The lowest BCUT2D eigenvalue weighted by molar-refractivity contribution is 0.208. The van der Waals surface area contributed by atoms with Gasteiger partial charge in [-0.25, -0.2) is 4.39 Å². The van der Waals surface area contributed by atoms with Gasteiger partial charge in [-0.1, -0.05) is 6.07 Å². The van der Waals surface area contributed by atoms with Crippen LogP contribution in [-0.4, -0.2) is 32.4 Å². The van der Waals surface area contributed by atoms with Crippen molar-refractivity contribution in [3.8, 4) is 5.75 Å². The second-order valence-electron chi connectivity index (χ2n) is 4.16. The molecule has 0 bridgehead atoms. The van der Waals surface area contributed by atoms with Gasteiger partial charge in [0.05, 0.1) is 13.7 Å². The number of ether oxygens (including phenoxy) is 1. The Kier molecular flexibility index (Phi) is 3.29. The summed E-state index contributed by atoms with van der Waals surface area (Å²) in [6.07, 6.45) is 0.573. The lowest BCUT2D eigenvalue weighted by Crippen LogP contribution is -2.34. The molecule has 0 spiro atoms. The summed E-state index contributed by atoms with van der Waals surface area (Å²) in [4.78, 5) is 0. The van der Waals surface area contributed by atoms with Crippen LogP contribution in [0.1, 0.15) is 6.42 Å². The molecule has 1 aliphatic rings. The lowest BCUT2D eigenvalue weighted by atomic mass is 10.1. The monoisotopic (exact) mass is 224 g/mol. The van der Waals surface area contributed by atoms with E-state index in [-0.39, 0.29) is 0 Å². The summed E-state index contributed by atoms with van der Waals surface area (Å²) in [6, 6.07) is 7.53. The number of alkyl halides is 1. The highest BCUT2D eigenvalue weighted by Gasteiger charge is 2.33. The number of methoxy groups -OCH3 is 1. The van der Waals surface area contributed by atoms with Gasteiger partial charge in [0.2, 0.25) is 0 Å². The molecule has 1 saturated heterocycles. The highest BCUT2D eigenvalue weighted by molar-refractivity contribution is 5.48. The van der Waals surface area contributed by atoms with Gasteiger partial charge in [-0.15, -0.1) is 0 Å². The Balaban J connectivity index is 1.93. The molecule has 3 nitrogen and oxygen atoms in total. The van der Waals surface area contributed by atoms with Crippen LogP contribution in [0.15, 0.2) is 24.3 Å². The van der Waals surface area contributed by atoms with Crippen molar-refractivity contribution in [3.63, 3.8) is 0 Å². The molecule has 0 saturated carbocycles. The average molecular weight is 224 g/mol. The molecule has 2 N–H and O–H groups in total. The van der Waals surface area contributed by atoms with Crippen molar-refractivity contribution in [1.29, 1.82) is 0 Å². The quantitative estimate of drug-likeness (QED) is 0.818. The molecular weight excluding hydrogens is 207 g/mol. The zero-order valence-electron chi connectivity index (χ0n) is 9.42. The van der Waals surface area contributed by atoms with Gasteiger partial charge in [0.25, 0.3) is 0 Å². The maximum atomic E-state index is 14.0. The van der Waals surface area contributed by atoms with E-state index in [1.54, 1.807) is 7.11 Å². The SMILES string of the molecule is COc1cccc(NCC2(F)CCNC2)c1. The summed E-state index contributed by atoms with van der Waals surface area (Å²) in [6.45, 7) is 1.54. The maximum absolute atomic E-state index is 14.0. The highest BCUT2D eigenvalue weighted by atomic mass is 19.1. The summed E-state index contributed by atoms with van der Waals surface area (Å²) >= 11 is 0. The fraction of sp³-hybridized carbons (Fsp3) is 0.500. The van der Waals surface area contributed by atoms with Gasteiger partial charge in [-0.05, 0) is 25.1 Å². The largest absolute Gasteiger partial charge is 0.497 e. The average Bonchev–Trinajstić information content (AvgIpc) is 2.75. The van der Waals surface area contributed by atoms with Crippen LogP contribution in [0.25, 0.3) is 0 Å². The molecule has 1 aromatic rings. The van der Waals surface area contributed by atoms with E-state index >= 15 is 0 Å². The second kappa shape index (κ2) is 4.70. The predicted octanol–water partition coefficient (Wildman–Crippen LogP) is 1.81. The molecule has 1 aliphatic heterocycles. The summed E-state index contributed by atoms with van der Waals surface area (Å²) in [5.74, 6) is 0.780. The molecular formula is C12H17FN2O. The van der Waals surface area contributed by atoms with Crippen molar-refractivity contribution in [2.45, 2.75) is 12.1 Å². The van der Waals surface area contributed by atoms with Crippen molar-refractivity contribution in [3.05, 3.63) is 24.3 Å². The molecule has 1 fully saturated rings. The number of halogens is 1. The molecule has 16 heavy (non-hydrogen) atoms. The highest BCUT2D eigenvalue weighted by Crippen LogP contribution is 2.22. The molecule has 88 valence electrons. The van der Waals surface area contributed by atoms with Gasteiger partial charge < -0.3 is 15.4 Å². The molecule has 2 rings (SSSR count). The third-order valence-electron chi connectivity index (χ3n) is 2.87. The number of nitrogens with one attached hydrogen (secondary N) is 2. The fourth-order valence-corrected chi connectivity index (χ4v) is 1.86. The summed E-state index contributed by atoms with van der Waals surface area (Å²) < 4.78 is 19.1. The number of hydrogen-bond acceptors (Lipinski definition) is 3. The predicted molar refractivity (Wildman–Crippen MR) is 62.8 cm³/mol. The zero-order chi connectivity index (χ0) is 11.4. The Morgan fingerprint density at radius 2 is 2.44 bits per heavy atom. The van der Waals surface area contributed by atoms with Crippen LogP contribution in [-0.2, 0) is 0 Å². The topological polar surface area (TPSA) is 33.3 Å². The number of benzene rings is 1. The summed E-state index contributed by atoms with van der Waals surface area (Å²) in [7, 11) is 1.62. The van der Waals surface area contributed by atoms with Crippen LogP contribution in [0.5, 0.6) is 5.75 Å². The Hall–Kier alpha value is -1.29. The Morgan fingerprint density at radius 1 is 1.56 bits per heavy atom. The zero-order valence-corrected chi connectivity index (χ0v) is 9.42. The second-order valence-corrected chi connectivity index (χ2v) is 4.16. The van der Waals surface area contributed by atoms with Crippen LogP contribution >= 0.6 is 0 Å². The Bertz CT molecular complexity index is 351. The molecule has 1 aromatic carbocycles. The lowest BCUT2D eigenvalue weighted by Gasteiger charge is -2.19. The van der Waals surface area contributed by atoms with E-state index in [2.05, 4.69) is 10.6 Å². The van der Waals surface area contributed by atoms with Crippen molar-refractivity contribution in [2.75, 3.05) is 32.1 Å². The third-order valence-corrected chi connectivity index (χ3v) is 2.87. The fourth-order valence-electron chi connectivity index (χ4n) is 1.86. The molecule has 4 heteroatoms.